The molecule has 2 aliphatic heterocycles. The third-order valence-corrected chi connectivity index (χ3v) is 6.79. The maximum absolute atomic E-state index is 13.3. The first-order valence-corrected chi connectivity index (χ1v) is 10.5. The molecule has 0 aromatic rings. The predicted octanol–water partition coefficient (Wildman–Crippen LogP) is 2.73. The van der Waals surface area contributed by atoms with Gasteiger partial charge in [-0.05, 0) is 38.5 Å². The number of amides is 2. The Morgan fingerprint density at radius 1 is 0.720 bits per heavy atom. The fourth-order valence-electron chi connectivity index (χ4n) is 5.43. The Bertz CT molecular complexity index is 501. The third kappa shape index (κ3) is 3.44. The number of fused-ring (bicyclic) bond motifs is 1. The van der Waals surface area contributed by atoms with Gasteiger partial charge in [0.25, 0.3) is 0 Å². The predicted molar refractivity (Wildman–Crippen MR) is 95.0 cm³/mol. The molecule has 0 aromatic heterocycles. The molecule has 5 nitrogen and oxygen atoms in total. The highest BCUT2D eigenvalue weighted by molar-refractivity contribution is 5.89. The zero-order chi connectivity index (χ0) is 17.2. The fourth-order valence-corrected chi connectivity index (χ4v) is 5.43. The van der Waals surface area contributed by atoms with E-state index in [4.69, 9.17) is 4.74 Å². The molecular weight excluding hydrogens is 316 g/mol. The summed E-state index contributed by atoms with van der Waals surface area (Å²) in [5.74, 6) is 0.611. The SMILES string of the molecule is O=C(C1CCCCC1)N1CCC[C@@H]1C(=O)N1CCO[C@@H]2CCCC[C@H]21. The van der Waals surface area contributed by atoms with E-state index >= 15 is 0 Å². The Morgan fingerprint density at radius 3 is 2.32 bits per heavy atom. The van der Waals surface area contributed by atoms with Crippen molar-refractivity contribution in [2.45, 2.75) is 88.8 Å². The van der Waals surface area contributed by atoms with E-state index in [1.807, 2.05) is 4.90 Å². The van der Waals surface area contributed by atoms with Gasteiger partial charge in [-0.15, -0.1) is 0 Å². The van der Waals surface area contributed by atoms with Crippen molar-refractivity contribution >= 4 is 11.8 Å². The lowest BCUT2D eigenvalue weighted by Crippen LogP contribution is -2.59. The van der Waals surface area contributed by atoms with Gasteiger partial charge in [-0.1, -0.05) is 32.1 Å². The molecule has 4 aliphatic rings. The lowest BCUT2D eigenvalue weighted by atomic mass is 9.88. The molecule has 0 aromatic carbocycles. The zero-order valence-corrected chi connectivity index (χ0v) is 15.3. The van der Waals surface area contributed by atoms with Gasteiger partial charge in [-0.2, -0.15) is 0 Å². The van der Waals surface area contributed by atoms with E-state index in [9.17, 15) is 9.59 Å². The van der Waals surface area contributed by atoms with Crippen molar-refractivity contribution in [3.05, 3.63) is 0 Å². The van der Waals surface area contributed by atoms with Crippen molar-refractivity contribution in [2.24, 2.45) is 5.92 Å². The number of carbonyl (C=O) groups excluding carboxylic acids is 2. The van der Waals surface area contributed by atoms with Crippen LogP contribution in [0.15, 0.2) is 0 Å². The normalized spacial score (nSPS) is 34.0. The zero-order valence-electron chi connectivity index (χ0n) is 15.3. The van der Waals surface area contributed by atoms with Gasteiger partial charge in [0.15, 0.2) is 0 Å². The Morgan fingerprint density at radius 2 is 1.48 bits per heavy atom. The van der Waals surface area contributed by atoms with Gasteiger partial charge in [0, 0.05) is 19.0 Å². The highest BCUT2D eigenvalue weighted by Crippen LogP contribution is 2.32. The molecule has 4 fully saturated rings. The highest BCUT2D eigenvalue weighted by atomic mass is 16.5. The van der Waals surface area contributed by atoms with Gasteiger partial charge in [0.05, 0.1) is 18.8 Å². The van der Waals surface area contributed by atoms with Gasteiger partial charge in [-0.3, -0.25) is 9.59 Å². The first-order valence-electron chi connectivity index (χ1n) is 10.5. The minimum absolute atomic E-state index is 0.161. The highest BCUT2D eigenvalue weighted by Gasteiger charge is 2.43. The van der Waals surface area contributed by atoms with Crippen LogP contribution in [0.4, 0.5) is 0 Å². The molecule has 0 unspecified atom stereocenters. The van der Waals surface area contributed by atoms with Crippen molar-refractivity contribution in [1.82, 2.24) is 9.80 Å². The topological polar surface area (TPSA) is 49.9 Å². The van der Waals surface area contributed by atoms with Crippen LogP contribution in [0, 0.1) is 5.92 Å². The molecule has 25 heavy (non-hydrogen) atoms. The molecule has 0 bridgehead atoms. The fraction of sp³-hybridized carbons (Fsp3) is 0.900. The summed E-state index contributed by atoms with van der Waals surface area (Å²) in [5.41, 5.74) is 0. The summed E-state index contributed by atoms with van der Waals surface area (Å²) in [6, 6.07) is 0.0253. The average Bonchev–Trinajstić information content (AvgIpc) is 3.17. The molecule has 2 saturated heterocycles. The molecule has 2 aliphatic carbocycles. The summed E-state index contributed by atoms with van der Waals surface area (Å²) in [6.45, 7) is 2.11. The van der Waals surface area contributed by atoms with Crippen LogP contribution in [0.1, 0.15) is 70.6 Å². The molecule has 4 rings (SSSR count). The summed E-state index contributed by atoms with van der Waals surface area (Å²) in [4.78, 5) is 30.4. The summed E-state index contributed by atoms with van der Waals surface area (Å²) < 4.78 is 5.92. The Hall–Kier alpha value is -1.10. The third-order valence-electron chi connectivity index (χ3n) is 6.79. The van der Waals surface area contributed by atoms with Crippen molar-refractivity contribution in [2.75, 3.05) is 19.7 Å². The Balaban J connectivity index is 1.45. The van der Waals surface area contributed by atoms with Gasteiger partial charge >= 0.3 is 0 Å². The summed E-state index contributed by atoms with van der Waals surface area (Å²) in [6.07, 6.45) is 12.1. The molecule has 0 spiro atoms. The first-order chi connectivity index (χ1) is 12.3. The number of hydrogen-bond donors (Lipinski definition) is 0. The van der Waals surface area contributed by atoms with E-state index in [1.165, 1.54) is 19.3 Å². The average molecular weight is 348 g/mol. The number of nitrogens with zero attached hydrogens (tertiary/aromatic N) is 2. The van der Waals surface area contributed by atoms with E-state index in [2.05, 4.69) is 4.90 Å². The second-order valence-corrected chi connectivity index (χ2v) is 8.32. The van der Waals surface area contributed by atoms with E-state index in [1.54, 1.807) is 0 Å². The Kier molecular flexibility index (Phi) is 5.30. The van der Waals surface area contributed by atoms with Crippen LogP contribution in [-0.2, 0) is 14.3 Å². The van der Waals surface area contributed by atoms with Gasteiger partial charge < -0.3 is 14.5 Å². The van der Waals surface area contributed by atoms with Crippen molar-refractivity contribution in [3.8, 4) is 0 Å². The number of hydrogen-bond acceptors (Lipinski definition) is 3. The minimum atomic E-state index is -0.213. The van der Waals surface area contributed by atoms with Crippen molar-refractivity contribution < 1.29 is 14.3 Å². The lowest BCUT2D eigenvalue weighted by molar-refractivity contribution is -0.158. The van der Waals surface area contributed by atoms with Crippen LogP contribution in [-0.4, -0.2) is 59.5 Å². The van der Waals surface area contributed by atoms with E-state index in [0.717, 1.165) is 57.9 Å². The standard InChI is InChI=1S/C20H32N2O3/c23-19(15-7-2-1-3-8-15)21-12-6-10-17(21)20(24)22-13-14-25-18-11-5-4-9-16(18)22/h15-18H,1-14H2/t16-,17-,18-/m1/s1. The second-order valence-electron chi connectivity index (χ2n) is 8.32. The molecule has 0 radical (unpaired) electrons. The molecule has 3 atom stereocenters. The van der Waals surface area contributed by atoms with Gasteiger partial charge in [0.2, 0.25) is 11.8 Å². The molecule has 140 valence electrons. The van der Waals surface area contributed by atoms with Crippen molar-refractivity contribution in [1.29, 1.82) is 0 Å². The molecular formula is C20H32N2O3. The summed E-state index contributed by atoms with van der Waals surface area (Å²) >= 11 is 0. The van der Waals surface area contributed by atoms with Crippen LogP contribution < -0.4 is 0 Å². The largest absolute Gasteiger partial charge is 0.374 e. The van der Waals surface area contributed by atoms with E-state index in [-0.39, 0.29) is 35.9 Å². The summed E-state index contributed by atoms with van der Waals surface area (Å²) in [7, 11) is 0. The Labute approximate surface area is 151 Å². The van der Waals surface area contributed by atoms with Crippen LogP contribution in [0.2, 0.25) is 0 Å². The minimum Gasteiger partial charge on any atom is -0.374 e. The number of likely N-dealkylation sites (tertiary alicyclic amines) is 1. The van der Waals surface area contributed by atoms with E-state index < -0.39 is 0 Å². The maximum Gasteiger partial charge on any atom is 0.245 e. The molecule has 2 amide bonds. The lowest BCUT2D eigenvalue weighted by Gasteiger charge is -2.45. The van der Waals surface area contributed by atoms with E-state index in [0.29, 0.717) is 13.2 Å². The summed E-state index contributed by atoms with van der Waals surface area (Å²) in [5, 5.41) is 0. The maximum atomic E-state index is 13.3. The molecule has 2 heterocycles. The molecule has 0 N–H and O–H groups in total. The number of morpholine rings is 1. The second kappa shape index (κ2) is 7.65. The van der Waals surface area contributed by atoms with Crippen LogP contribution >= 0.6 is 0 Å². The number of carbonyl (C=O) groups is 2. The smallest absolute Gasteiger partial charge is 0.245 e. The van der Waals surface area contributed by atoms with Crippen LogP contribution in [0.25, 0.3) is 0 Å². The van der Waals surface area contributed by atoms with Crippen molar-refractivity contribution in [3.63, 3.8) is 0 Å². The van der Waals surface area contributed by atoms with Gasteiger partial charge in [-0.25, -0.2) is 0 Å². The number of ether oxygens (including phenoxy) is 1. The monoisotopic (exact) mass is 348 g/mol. The first kappa shape index (κ1) is 17.3. The molecule has 5 heteroatoms. The quantitative estimate of drug-likeness (QED) is 0.771. The van der Waals surface area contributed by atoms with Gasteiger partial charge in [0.1, 0.15) is 6.04 Å². The van der Waals surface area contributed by atoms with Crippen LogP contribution in [0.5, 0.6) is 0 Å². The number of rotatable bonds is 2. The molecule has 2 saturated carbocycles. The van der Waals surface area contributed by atoms with Crippen LogP contribution in [0.3, 0.4) is 0 Å².